The summed E-state index contributed by atoms with van der Waals surface area (Å²) >= 11 is 0. The number of hydrogen-bond acceptors (Lipinski definition) is 3. The average molecular weight is 171 g/mol. The molecule has 0 aromatic heterocycles. The van der Waals surface area contributed by atoms with Crippen LogP contribution in [0, 0.1) is 0 Å². The summed E-state index contributed by atoms with van der Waals surface area (Å²) in [7, 11) is 6.68. The minimum atomic E-state index is -0.388. The number of carbonyl (C=O) groups excluding carboxylic acids is 1. The fourth-order valence-electron chi connectivity index (χ4n) is 0.656. The summed E-state index contributed by atoms with van der Waals surface area (Å²) in [5, 5.41) is 0. The Morgan fingerprint density at radius 1 is 1.58 bits per heavy atom. The van der Waals surface area contributed by atoms with Gasteiger partial charge in [-0.25, -0.2) is 9.37 Å². The first-order valence-electron chi connectivity index (χ1n) is 3.49. The molecule has 0 fully saturated rings. The van der Waals surface area contributed by atoms with Crippen LogP contribution in [0.25, 0.3) is 0 Å². The van der Waals surface area contributed by atoms with Gasteiger partial charge in [-0.15, -0.1) is 0 Å². The maximum atomic E-state index is 11.1. The van der Waals surface area contributed by atoms with Gasteiger partial charge in [0.05, 0.1) is 13.3 Å². The normalized spacial score (nSPS) is 10.8. The van der Waals surface area contributed by atoms with Gasteiger partial charge < -0.3 is 9.64 Å². The lowest BCUT2D eigenvalue weighted by molar-refractivity contribution is -0.431. The maximum absolute atomic E-state index is 11.1. The van der Waals surface area contributed by atoms with Crippen molar-refractivity contribution in [3.8, 4) is 0 Å². The van der Waals surface area contributed by atoms with E-state index in [1.54, 1.807) is 18.1 Å². The highest BCUT2D eigenvalue weighted by atomic mass is 16.5. The second-order valence-electron chi connectivity index (χ2n) is 2.67. The van der Waals surface area contributed by atoms with Gasteiger partial charge in [0.2, 0.25) is 0 Å². The Labute approximate surface area is 72.7 Å². The first-order valence-corrected chi connectivity index (χ1v) is 3.49. The van der Waals surface area contributed by atoms with Crippen LogP contribution < -0.4 is 0 Å². The molecule has 4 heteroatoms. The summed E-state index contributed by atoms with van der Waals surface area (Å²) in [4.78, 5) is 12.8. The van der Waals surface area contributed by atoms with Gasteiger partial charge in [0, 0.05) is 14.1 Å². The van der Waals surface area contributed by atoms with Crippen LogP contribution in [-0.4, -0.2) is 50.4 Å². The molecule has 0 unspecified atom stereocenters. The molecule has 0 radical (unpaired) electrons. The Morgan fingerprint density at radius 3 is 2.33 bits per heavy atom. The van der Waals surface area contributed by atoms with Gasteiger partial charge in [-0.2, -0.15) is 0 Å². The molecule has 12 heavy (non-hydrogen) atoms. The van der Waals surface area contributed by atoms with E-state index in [-0.39, 0.29) is 5.97 Å². The molecule has 4 nitrogen and oxygen atoms in total. The van der Waals surface area contributed by atoms with E-state index in [1.807, 2.05) is 14.1 Å². The zero-order valence-electron chi connectivity index (χ0n) is 8.00. The second kappa shape index (κ2) is 4.54. The van der Waals surface area contributed by atoms with Crippen LogP contribution in [0.2, 0.25) is 0 Å². The quantitative estimate of drug-likeness (QED) is 0.257. The van der Waals surface area contributed by atoms with Crippen molar-refractivity contribution in [2.24, 2.45) is 0 Å². The molecule has 0 saturated carbocycles. The lowest BCUT2D eigenvalue weighted by atomic mass is 10.4. The molecule has 0 bridgehead atoms. The summed E-state index contributed by atoms with van der Waals surface area (Å²) in [6.07, 6.45) is 1.65. The lowest BCUT2D eigenvalue weighted by Gasteiger charge is -2.05. The van der Waals surface area contributed by atoms with Gasteiger partial charge in [-0.1, -0.05) is 0 Å². The molecule has 0 aliphatic carbocycles. The fourth-order valence-corrected chi connectivity index (χ4v) is 0.656. The van der Waals surface area contributed by atoms with Gasteiger partial charge in [-0.05, 0) is 0 Å². The summed E-state index contributed by atoms with van der Waals surface area (Å²) < 4.78 is 6.02. The molecular weight excluding hydrogens is 156 g/mol. The van der Waals surface area contributed by atoms with Crippen LogP contribution in [-0.2, 0) is 9.53 Å². The molecule has 0 aromatic rings. The van der Waals surface area contributed by atoms with E-state index in [0.29, 0.717) is 5.70 Å². The molecule has 0 amide bonds. The van der Waals surface area contributed by atoms with Crippen molar-refractivity contribution >= 4 is 12.7 Å². The zero-order chi connectivity index (χ0) is 9.72. The molecule has 68 valence electrons. The first kappa shape index (κ1) is 10.7. The Balaban J connectivity index is 4.67. The van der Waals surface area contributed by atoms with E-state index in [0.717, 1.165) is 0 Å². The van der Waals surface area contributed by atoms with E-state index in [2.05, 4.69) is 11.5 Å². The zero-order valence-corrected chi connectivity index (χ0v) is 8.00. The van der Waals surface area contributed by atoms with E-state index in [4.69, 9.17) is 0 Å². The van der Waals surface area contributed by atoms with Gasteiger partial charge in [0.15, 0.2) is 0 Å². The van der Waals surface area contributed by atoms with Crippen LogP contribution >= 0.6 is 0 Å². The van der Waals surface area contributed by atoms with Crippen LogP contribution in [0.15, 0.2) is 11.9 Å². The van der Waals surface area contributed by atoms with E-state index in [1.165, 1.54) is 11.7 Å². The van der Waals surface area contributed by atoms with Gasteiger partial charge >= 0.3 is 11.7 Å². The maximum Gasteiger partial charge on any atom is 0.404 e. The number of methoxy groups -OCH3 is 1. The molecule has 0 atom stereocenters. The molecule has 0 rings (SSSR count). The Bertz CT molecular complexity index is 219. The predicted octanol–water partition coefficient (Wildman–Crippen LogP) is -0.0947. The summed E-state index contributed by atoms with van der Waals surface area (Å²) in [6.45, 7) is 3.60. The largest absolute Gasteiger partial charge is 0.461 e. The van der Waals surface area contributed by atoms with Crippen molar-refractivity contribution in [1.82, 2.24) is 4.90 Å². The predicted molar refractivity (Wildman–Crippen MR) is 47.1 cm³/mol. The van der Waals surface area contributed by atoms with Crippen molar-refractivity contribution in [2.75, 3.05) is 28.3 Å². The third kappa shape index (κ3) is 3.18. The highest BCUT2D eigenvalue weighted by molar-refractivity contribution is 5.85. The minimum absolute atomic E-state index is 0.388. The topological polar surface area (TPSA) is 32.5 Å². The van der Waals surface area contributed by atoms with Crippen molar-refractivity contribution in [3.63, 3.8) is 0 Å². The number of nitrogens with zero attached hydrogens (tertiary/aromatic N) is 2. The monoisotopic (exact) mass is 171 g/mol. The molecule has 0 spiro atoms. The number of esters is 1. The average Bonchev–Trinajstić information content (AvgIpc) is 1.98. The van der Waals surface area contributed by atoms with Crippen molar-refractivity contribution in [3.05, 3.63) is 11.9 Å². The van der Waals surface area contributed by atoms with Crippen molar-refractivity contribution < 1.29 is 14.1 Å². The third-order valence-corrected chi connectivity index (χ3v) is 1.19. The van der Waals surface area contributed by atoms with Crippen LogP contribution in [0.4, 0.5) is 0 Å². The lowest BCUT2D eigenvalue weighted by Crippen LogP contribution is -2.18. The third-order valence-electron chi connectivity index (χ3n) is 1.19. The number of ether oxygens (including phenoxy) is 1. The van der Waals surface area contributed by atoms with Gasteiger partial charge in [0.25, 0.3) is 0 Å². The summed E-state index contributed by atoms with van der Waals surface area (Å²) in [5.74, 6) is -0.388. The highest BCUT2D eigenvalue weighted by Crippen LogP contribution is 1.97. The fraction of sp³-hybridized carbons (Fsp3) is 0.500. The molecule has 0 N–H and O–H groups in total. The Hall–Kier alpha value is -1.32. The van der Waals surface area contributed by atoms with Crippen molar-refractivity contribution in [1.29, 1.82) is 0 Å². The highest BCUT2D eigenvalue weighted by Gasteiger charge is 2.18. The Morgan fingerprint density at radius 2 is 2.08 bits per heavy atom. The minimum Gasteiger partial charge on any atom is -0.461 e. The van der Waals surface area contributed by atoms with E-state index < -0.39 is 0 Å². The molecule has 0 aliphatic rings. The standard InChI is InChI=1S/C8H15N2O2/c1-9(2)6-7(10(3)4)8(11)12-5/h6H,3H2,1-2,4-5H3/q+1/b7-6-. The summed E-state index contributed by atoms with van der Waals surface area (Å²) in [6, 6.07) is 0. The Kier molecular flexibility index (Phi) is 4.04. The van der Waals surface area contributed by atoms with E-state index >= 15 is 0 Å². The SMILES string of the molecule is C=[N+](C)/C(=C\N(C)C)C(=O)OC. The van der Waals surface area contributed by atoms with E-state index in [9.17, 15) is 4.79 Å². The molecule has 0 aromatic carbocycles. The molecule has 0 heterocycles. The second-order valence-corrected chi connectivity index (χ2v) is 2.67. The number of hydrogen-bond donors (Lipinski definition) is 0. The van der Waals surface area contributed by atoms with Crippen LogP contribution in [0.3, 0.4) is 0 Å². The molecular formula is C8H15N2O2+. The molecule has 0 aliphatic heterocycles. The van der Waals surface area contributed by atoms with Crippen molar-refractivity contribution in [2.45, 2.75) is 0 Å². The number of likely N-dealkylation sites (N-methyl/N-ethyl adjacent to an activating group) is 1. The smallest absolute Gasteiger partial charge is 0.404 e. The number of carbonyl (C=O) groups is 1. The molecule has 0 saturated heterocycles. The number of rotatable bonds is 3. The van der Waals surface area contributed by atoms with Gasteiger partial charge in [-0.3, -0.25) is 0 Å². The van der Waals surface area contributed by atoms with Crippen LogP contribution in [0.5, 0.6) is 0 Å². The van der Waals surface area contributed by atoms with Gasteiger partial charge in [0.1, 0.15) is 13.8 Å². The van der Waals surface area contributed by atoms with Crippen LogP contribution in [0.1, 0.15) is 0 Å². The summed E-state index contributed by atoms with van der Waals surface area (Å²) in [5.41, 5.74) is 0.419. The first-order chi connectivity index (χ1) is 5.49.